The van der Waals surface area contributed by atoms with Crippen molar-refractivity contribution >= 4 is 10.9 Å². The van der Waals surface area contributed by atoms with Gasteiger partial charge in [-0.25, -0.2) is 0 Å². The van der Waals surface area contributed by atoms with Crippen LogP contribution in [0.4, 0.5) is 0 Å². The second-order valence-corrected chi connectivity index (χ2v) is 4.00. The molecule has 2 heterocycles. The Morgan fingerprint density at radius 3 is 3.13 bits per heavy atom. The van der Waals surface area contributed by atoms with Crippen LogP contribution in [-0.2, 0) is 6.42 Å². The van der Waals surface area contributed by atoms with E-state index >= 15 is 0 Å². The molecule has 0 aliphatic carbocycles. The molecule has 3 rings (SSSR count). The van der Waals surface area contributed by atoms with Crippen LogP contribution < -0.4 is 10.5 Å². The number of fused-ring (bicyclic) bond motifs is 3. The van der Waals surface area contributed by atoms with Gasteiger partial charge in [-0.3, -0.25) is 0 Å². The van der Waals surface area contributed by atoms with Crippen LogP contribution in [0, 0.1) is 0 Å². The van der Waals surface area contributed by atoms with Gasteiger partial charge >= 0.3 is 0 Å². The molecule has 0 fully saturated rings. The number of ether oxygens (including phenoxy) is 1. The third kappa shape index (κ3) is 1.10. The molecule has 0 radical (unpaired) electrons. The molecule has 0 spiro atoms. The lowest BCUT2D eigenvalue weighted by molar-refractivity contribution is 0.419. The Morgan fingerprint density at radius 2 is 2.33 bits per heavy atom. The Kier molecular flexibility index (Phi) is 1.76. The van der Waals surface area contributed by atoms with Crippen LogP contribution in [0.15, 0.2) is 24.3 Å². The molecule has 1 aliphatic heterocycles. The number of methoxy groups -OCH3 is 1. The molecule has 0 saturated carbocycles. The fourth-order valence-electron chi connectivity index (χ4n) is 2.47. The van der Waals surface area contributed by atoms with Crippen LogP contribution in [-0.4, -0.2) is 11.7 Å². The highest BCUT2D eigenvalue weighted by molar-refractivity contribution is 5.87. The second kappa shape index (κ2) is 3.00. The maximum atomic E-state index is 6.07. The second-order valence-electron chi connectivity index (χ2n) is 4.00. The minimum absolute atomic E-state index is 0.129. The lowest BCUT2D eigenvalue weighted by Crippen LogP contribution is -2.13. The van der Waals surface area contributed by atoms with Gasteiger partial charge in [0.1, 0.15) is 5.75 Å². The van der Waals surface area contributed by atoms with Crippen molar-refractivity contribution in [2.24, 2.45) is 5.73 Å². The van der Waals surface area contributed by atoms with E-state index in [-0.39, 0.29) is 6.17 Å². The Labute approximate surface area is 88.4 Å². The van der Waals surface area contributed by atoms with Gasteiger partial charge in [-0.15, -0.1) is 0 Å². The molecular weight excluding hydrogens is 188 g/mol. The summed E-state index contributed by atoms with van der Waals surface area (Å²) in [5.41, 5.74) is 8.58. The van der Waals surface area contributed by atoms with E-state index in [0.29, 0.717) is 0 Å². The molecule has 0 saturated heterocycles. The van der Waals surface area contributed by atoms with Crippen molar-refractivity contribution in [2.75, 3.05) is 7.11 Å². The largest absolute Gasteiger partial charge is 0.496 e. The standard InChI is InChI=1S/C12H14N2O/c1-15-11-4-2-3-10-9(11)7-8-5-6-12(13)14(8)10/h2-4,7,12H,5-6,13H2,1H3. The quantitative estimate of drug-likeness (QED) is 0.768. The minimum atomic E-state index is 0.129. The summed E-state index contributed by atoms with van der Waals surface area (Å²) in [4.78, 5) is 0. The minimum Gasteiger partial charge on any atom is -0.496 e. The highest BCUT2D eigenvalue weighted by Crippen LogP contribution is 2.34. The predicted molar refractivity (Wildman–Crippen MR) is 60.0 cm³/mol. The number of nitrogens with zero attached hydrogens (tertiary/aromatic N) is 1. The number of rotatable bonds is 1. The molecule has 3 nitrogen and oxygen atoms in total. The van der Waals surface area contributed by atoms with Gasteiger partial charge in [0.2, 0.25) is 0 Å². The Bertz CT molecular complexity index is 516. The first-order valence-electron chi connectivity index (χ1n) is 5.23. The zero-order valence-corrected chi connectivity index (χ0v) is 8.73. The van der Waals surface area contributed by atoms with Crippen molar-refractivity contribution in [1.82, 2.24) is 4.57 Å². The normalized spacial score (nSPS) is 19.5. The first kappa shape index (κ1) is 8.80. The summed E-state index contributed by atoms with van der Waals surface area (Å²) in [6.07, 6.45) is 2.24. The van der Waals surface area contributed by atoms with E-state index in [4.69, 9.17) is 10.5 Å². The third-order valence-corrected chi connectivity index (χ3v) is 3.17. The zero-order chi connectivity index (χ0) is 10.4. The van der Waals surface area contributed by atoms with Crippen molar-refractivity contribution in [1.29, 1.82) is 0 Å². The average molecular weight is 202 g/mol. The van der Waals surface area contributed by atoms with Crippen LogP contribution >= 0.6 is 0 Å². The van der Waals surface area contributed by atoms with Gasteiger partial charge in [0.15, 0.2) is 0 Å². The topological polar surface area (TPSA) is 40.2 Å². The highest BCUT2D eigenvalue weighted by atomic mass is 16.5. The predicted octanol–water partition coefficient (Wildman–Crippen LogP) is 2.05. The maximum Gasteiger partial charge on any atom is 0.128 e. The molecule has 1 aromatic heterocycles. The highest BCUT2D eigenvalue weighted by Gasteiger charge is 2.21. The molecule has 0 bridgehead atoms. The zero-order valence-electron chi connectivity index (χ0n) is 8.73. The van der Waals surface area contributed by atoms with Gasteiger partial charge < -0.3 is 15.0 Å². The van der Waals surface area contributed by atoms with E-state index in [2.05, 4.69) is 16.7 Å². The summed E-state index contributed by atoms with van der Waals surface area (Å²) >= 11 is 0. The fourth-order valence-corrected chi connectivity index (χ4v) is 2.47. The van der Waals surface area contributed by atoms with Crippen LogP contribution in [0.3, 0.4) is 0 Å². The SMILES string of the molecule is COc1cccc2c1cc1n2C(N)CC1. The van der Waals surface area contributed by atoms with Crippen LogP contribution in [0.25, 0.3) is 10.9 Å². The molecule has 78 valence electrons. The van der Waals surface area contributed by atoms with Crippen LogP contribution in [0.1, 0.15) is 18.3 Å². The number of hydrogen-bond acceptors (Lipinski definition) is 2. The monoisotopic (exact) mass is 202 g/mol. The van der Waals surface area contributed by atoms with Gasteiger partial charge in [0.25, 0.3) is 0 Å². The lowest BCUT2D eigenvalue weighted by atomic mass is 10.2. The van der Waals surface area contributed by atoms with Crippen LogP contribution in [0.5, 0.6) is 5.75 Å². The Hall–Kier alpha value is -1.48. The molecule has 1 atom stereocenters. The van der Waals surface area contributed by atoms with Crippen LogP contribution in [0.2, 0.25) is 0 Å². The summed E-state index contributed by atoms with van der Waals surface area (Å²) in [7, 11) is 1.71. The smallest absolute Gasteiger partial charge is 0.128 e. The molecule has 1 aliphatic rings. The number of aryl methyl sites for hydroxylation is 1. The van der Waals surface area contributed by atoms with E-state index in [1.54, 1.807) is 7.11 Å². The van der Waals surface area contributed by atoms with E-state index in [9.17, 15) is 0 Å². The van der Waals surface area contributed by atoms with E-state index < -0.39 is 0 Å². The summed E-state index contributed by atoms with van der Waals surface area (Å²) in [6.45, 7) is 0. The number of benzene rings is 1. The molecule has 0 amide bonds. The van der Waals surface area contributed by atoms with Gasteiger partial charge in [-0.05, 0) is 31.0 Å². The van der Waals surface area contributed by atoms with Gasteiger partial charge in [-0.2, -0.15) is 0 Å². The first-order chi connectivity index (χ1) is 7.31. The van der Waals surface area contributed by atoms with Gasteiger partial charge in [-0.1, -0.05) is 6.07 Å². The average Bonchev–Trinajstić information content (AvgIpc) is 2.78. The molecule has 2 aromatic rings. The van der Waals surface area contributed by atoms with Crippen molar-refractivity contribution < 1.29 is 4.74 Å². The summed E-state index contributed by atoms with van der Waals surface area (Å²) < 4.78 is 7.57. The number of hydrogen-bond donors (Lipinski definition) is 1. The maximum absolute atomic E-state index is 6.07. The summed E-state index contributed by atoms with van der Waals surface area (Å²) in [5.74, 6) is 0.932. The molecular formula is C12H14N2O. The Morgan fingerprint density at radius 1 is 1.47 bits per heavy atom. The van der Waals surface area contributed by atoms with Crippen molar-refractivity contribution in [3.8, 4) is 5.75 Å². The van der Waals surface area contributed by atoms with Crippen molar-refractivity contribution in [2.45, 2.75) is 19.0 Å². The molecule has 1 unspecified atom stereocenters. The summed E-state index contributed by atoms with van der Waals surface area (Å²) in [6, 6.07) is 8.30. The summed E-state index contributed by atoms with van der Waals surface area (Å²) in [5, 5.41) is 1.17. The molecule has 2 N–H and O–H groups in total. The van der Waals surface area contributed by atoms with Crippen molar-refractivity contribution in [3.63, 3.8) is 0 Å². The van der Waals surface area contributed by atoms with Crippen molar-refractivity contribution in [3.05, 3.63) is 30.0 Å². The number of aromatic nitrogens is 1. The van der Waals surface area contributed by atoms with E-state index in [0.717, 1.165) is 18.6 Å². The molecule has 15 heavy (non-hydrogen) atoms. The number of nitrogens with two attached hydrogens (primary N) is 1. The molecule has 1 aromatic carbocycles. The van der Waals surface area contributed by atoms with E-state index in [1.165, 1.54) is 16.6 Å². The Balaban J connectivity index is 2.35. The van der Waals surface area contributed by atoms with E-state index in [1.807, 2.05) is 12.1 Å². The first-order valence-corrected chi connectivity index (χ1v) is 5.23. The third-order valence-electron chi connectivity index (χ3n) is 3.17. The molecule has 3 heteroatoms. The fraction of sp³-hybridized carbons (Fsp3) is 0.333. The van der Waals surface area contributed by atoms with Gasteiger partial charge in [0.05, 0.1) is 18.8 Å². The lowest BCUT2D eigenvalue weighted by Gasteiger charge is -2.09. The van der Waals surface area contributed by atoms with Gasteiger partial charge in [0, 0.05) is 11.1 Å².